The number of H-pyrrole nitrogens is 1. The van der Waals surface area contributed by atoms with Gasteiger partial charge in [-0.25, -0.2) is 4.98 Å². The second-order valence-corrected chi connectivity index (χ2v) is 9.09. The molecule has 0 saturated heterocycles. The molecule has 0 radical (unpaired) electrons. The van der Waals surface area contributed by atoms with Gasteiger partial charge in [-0.2, -0.15) is 0 Å². The van der Waals surface area contributed by atoms with Gasteiger partial charge in [0.2, 0.25) is 5.91 Å². The first-order valence-electron chi connectivity index (χ1n) is 12.4. The fourth-order valence-electron chi connectivity index (χ4n) is 4.37. The summed E-state index contributed by atoms with van der Waals surface area (Å²) in [5.74, 6) is 0.408. The molecule has 3 aromatic carbocycles. The molecule has 0 unspecified atom stereocenters. The van der Waals surface area contributed by atoms with Crippen LogP contribution >= 0.6 is 0 Å². The molecule has 0 atom stereocenters. The first-order valence-corrected chi connectivity index (χ1v) is 12.4. The fraction of sp³-hybridized carbons (Fsp3) is 0.138. The number of non-ortho nitro benzene ring substituents is 1. The molecule has 196 valence electrons. The summed E-state index contributed by atoms with van der Waals surface area (Å²) < 4.78 is 0. The minimum absolute atomic E-state index is 0.109. The minimum Gasteiger partial charge on any atom is -0.354 e. The van der Waals surface area contributed by atoms with E-state index < -0.39 is 4.92 Å². The van der Waals surface area contributed by atoms with Crippen LogP contribution in [0, 0.1) is 10.1 Å². The quantitative estimate of drug-likeness (QED) is 0.144. The SMILES string of the molecule is CCc1nc(-c2ccc(NC(=C3C(=O)Nc4ccc([N+](=O)[O-])cc43)c3ccc(CNC(C)=O)cc3)cc2)c[nH]1. The highest BCUT2D eigenvalue weighted by molar-refractivity contribution is 6.37. The van der Waals surface area contributed by atoms with Crippen molar-refractivity contribution >= 4 is 40.1 Å². The van der Waals surface area contributed by atoms with Gasteiger partial charge in [-0.05, 0) is 29.3 Å². The summed E-state index contributed by atoms with van der Waals surface area (Å²) >= 11 is 0. The largest absolute Gasteiger partial charge is 0.354 e. The minimum atomic E-state index is -0.484. The van der Waals surface area contributed by atoms with Crippen molar-refractivity contribution < 1.29 is 14.5 Å². The van der Waals surface area contributed by atoms with Crippen LogP contribution in [0.1, 0.15) is 36.4 Å². The number of nitrogens with zero attached hydrogens (tertiary/aromatic N) is 2. The molecule has 1 aliphatic heterocycles. The van der Waals surface area contributed by atoms with Crippen LogP contribution in [-0.2, 0) is 22.6 Å². The number of aromatic amines is 1. The number of nitro groups is 1. The van der Waals surface area contributed by atoms with E-state index in [4.69, 9.17) is 0 Å². The number of hydrogen-bond acceptors (Lipinski definition) is 6. The van der Waals surface area contributed by atoms with Gasteiger partial charge in [0.15, 0.2) is 0 Å². The summed E-state index contributed by atoms with van der Waals surface area (Å²) in [5, 5.41) is 20.4. The summed E-state index contributed by atoms with van der Waals surface area (Å²) in [7, 11) is 0. The van der Waals surface area contributed by atoms with Crippen LogP contribution in [0.2, 0.25) is 0 Å². The molecule has 1 aliphatic rings. The number of amides is 2. The molecule has 0 bridgehead atoms. The van der Waals surface area contributed by atoms with Gasteiger partial charge in [0.05, 0.1) is 21.9 Å². The number of hydrogen-bond donors (Lipinski definition) is 4. The molecule has 4 aromatic rings. The zero-order valence-corrected chi connectivity index (χ0v) is 21.4. The summed E-state index contributed by atoms with van der Waals surface area (Å²) in [6.07, 6.45) is 2.67. The predicted octanol–water partition coefficient (Wildman–Crippen LogP) is 5.12. The molecule has 0 spiro atoms. The van der Waals surface area contributed by atoms with E-state index in [-0.39, 0.29) is 17.5 Å². The van der Waals surface area contributed by atoms with Gasteiger partial charge in [-0.15, -0.1) is 0 Å². The Hall–Kier alpha value is -5.25. The Labute approximate surface area is 224 Å². The van der Waals surface area contributed by atoms with Gasteiger partial charge in [0, 0.05) is 60.7 Å². The topological polar surface area (TPSA) is 142 Å². The Kier molecular flexibility index (Phi) is 6.92. The molecule has 10 nitrogen and oxygen atoms in total. The number of benzene rings is 3. The van der Waals surface area contributed by atoms with Gasteiger partial charge >= 0.3 is 0 Å². The molecular formula is C29H26N6O4. The number of imidazole rings is 1. The van der Waals surface area contributed by atoms with E-state index in [0.29, 0.717) is 34.6 Å². The van der Waals surface area contributed by atoms with Crippen LogP contribution < -0.4 is 16.0 Å². The summed E-state index contributed by atoms with van der Waals surface area (Å²) in [4.78, 5) is 43.2. The third kappa shape index (κ3) is 5.40. The number of nitrogens with one attached hydrogen (secondary N) is 4. The van der Waals surface area contributed by atoms with Crippen molar-refractivity contribution in [1.29, 1.82) is 0 Å². The molecule has 4 N–H and O–H groups in total. The molecule has 2 heterocycles. The lowest BCUT2D eigenvalue weighted by molar-refractivity contribution is -0.384. The summed E-state index contributed by atoms with van der Waals surface area (Å²) in [6, 6.07) is 19.4. The summed E-state index contributed by atoms with van der Waals surface area (Å²) in [5.41, 5.74) is 5.72. The van der Waals surface area contributed by atoms with Crippen LogP contribution in [0.25, 0.3) is 22.5 Å². The number of anilines is 2. The molecule has 10 heteroatoms. The van der Waals surface area contributed by atoms with Crippen molar-refractivity contribution in [3.63, 3.8) is 0 Å². The van der Waals surface area contributed by atoms with E-state index in [1.807, 2.05) is 61.7 Å². The number of nitro benzene ring substituents is 1. The number of fused-ring (bicyclic) bond motifs is 1. The molecule has 0 saturated carbocycles. The smallest absolute Gasteiger partial charge is 0.270 e. The first kappa shape index (κ1) is 25.4. The Morgan fingerprint density at radius 2 is 1.79 bits per heavy atom. The number of aromatic nitrogens is 2. The Balaban J connectivity index is 1.56. The van der Waals surface area contributed by atoms with Gasteiger partial charge < -0.3 is 20.9 Å². The maximum absolute atomic E-state index is 13.2. The molecule has 1 aromatic heterocycles. The Morgan fingerprint density at radius 3 is 2.44 bits per heavy atom. The van der Waals surface area contributed by atoms with Crippen LogP contribution in [0.3, 0.4) is 0 Å². The second-order valence-electron chi connectivity index (χ2n) is 9.09. The van der Waals surface area contributed by atoms with Gasteiger partial charge in [0.1, 0.15) is 5.82 Å². The highest BCUT2D eigenvalue weighted by Gasteiger charge is 2.30. The maximum atomic E-state index is 13.2. The zero-order chi connectivity index (χ0) is 27.5. The third-order valence-electron chi connectivity index (χ3n) is 6.41. The van der Waals surface area contributed by atoms with Crippen molar-refractivity contribution in [3.05, 3.63) is 106 Å². The maximum Gasteiger partial charge on any atom is 0.270 e. The van der Waals surface area contributed by atoms with Crippen molar-refractivity contribution in [3.8, 4) is 11.3 Å². The van der Waals surface area contributed by atoms with Gasteiger partial charge in [-0.3, -0.25) is 19.7 Å². The van der Waals surface area contributed by atoms with Crippen LogP contribution in [0.5, 0.6) is 0 Å². The first-order chi connectivity index (χ1) is 18.8. The highest BCUT2D eigenvalue weighted by Crippen LogP contribution is 2.39. The van der Waals surface area contributed by atoms with E-state index >= 15 is 0 Å². The molecular weight excluding hydrogens is 496 g/mol. The van der Waals surface area contributed by atoms with Crippen LogP contribution in [0.15, 0.2) is 72.9 Å². The van der Waals surface area contributed by atoms with Gasteiger partial charge in [-0.1, -0.05) is 43.3 Å². The Bertz CT molecular complexity index is 1600. The van der Waals surface area contributed by atoms with Crippen molar-refractivity contribution in [1.82, 2.24) is 15.3 Å². The lowest BCUT2D eigenvalue weighted by Crippen LogP contribution is -2.18. The van der Waals surface area contributed by atoms with Crippen LogP contribution in [-0.4, -0.2) is 26.7 Å². The molecule has 0 aliphatic carbocycles. The molecule has 2 amide bonds. The van der Waals surface area contributed by atoms with E-state index in [2.05, 4.69) is 25.9 Å². The van der Waals surface area contributed by atoms with Gasteiger partial charge in [0.25, 0.3) is 11.6 Å². The lowest BCUT2D eigenvalue weighted by Gasteiger charge is -2.16. The normalized spacial score (nSPS) is 13.4. The monoisotopic (exact) mass is 522 g/mol. The average Bonchev–Trinajstić information content (AvgIpc) is 3.55. The van der Waals surface area contributed by atoms with E-state index in [1.165, 1.54) is 25.1 Å². The Morgan fingerprint density at radius 1 is 1.05 bits per heavy atom. The zero-order valence-electron chi connectivity index (χ0n) is 21.4. The predicted molar refractivity (Wildman–Crippen MR) is 150 cm³/mol. The van der Waals surface area contributed by atoms with Crippen molar-refractivity contribution in [2.75, 3.05) is 10.6 Å². The average molecular weight is 523 g/mol. The lowest BCUT2D eigenvalue weighted by atomic mass is 9.98. The van der Waals surface area contributed by atoms with E-state index in [9.17, 15) is 19.7 Å². The third-order valence-corrected chi connectivity index (χ3v) is 6.41. The van der Waals surface area contributed by atoms with Crippen molar-refractivity contribution in [2.45, 2.75) is 26.8 Å². The fourth-order valence-corrected chi connectivity index (χ4v) is 4.37. The second kappa shape index (κ2) is 10.6. The van der Waals surface area contributed by atoms with Crippen molar-refractivity contribution in [2.24, 2.45) is 0 Å². The van der Waals surface area contributed by atoms with E-state index in [1.54, 1.807) is 0 Å². The summed E-state index contributed by atoms with van der Waals surface area (Å²) in [6.45, 7) is 3.86. The number of rotatable bonds is 8. The molecule has 5 rings (SSSR count). The number of carbonyl (C=O) groups is 2. The number of aryl methyl sites for hydroxylation is 1. The molecule has 0 fully saturated rings. The van der Waals surface area contributed by atoms with Crippen LogP contribution in [0.4, 0.5) is 17.1 Å². The number of carbonyl (C=O) groups excluding carboxylic acids is 2. The van der Waals surface area contributed by atoms with E-state index in [0.717, 1.165) is 34.8 Å². The highest BCUT2D eigenvalue weighted by atomic mass is 16.6. The standard InChI is InChI=1S/C29H26N6O4/c1-3-26-31-16-25(33-26)19-8-10-21(11-9-19)32-28(20-6-4-18(5-7-20)15-30-17(2)36)27-23-14-22(35(38)39)12-13-24(23)34-29(27)37/h4-14,16,32H,3,15H2,1-2H3,(H,30,36)(H,31,33)(H,34,37). The molecule has 39 heavy (non-hydrogen) atoms.